The van der Waals surface area contributed by atoms with Crippen LogP contribution in [0, 0.1) is 0 Å². The van der Waals surface area contributed by atoms with Crippen LogP contribution in [0.25, 0.3) is 0 Å². The Bertz CT molecular complexity index is 661. The van der Waals surface area contributed by atoms with Crippen LogP contribution in [0.15, 0.2) is 30.6 Å². The average Bonchev–Trinajstić information content (AvgIpc) is 2.84. The van der Waals surface area contributed by atoms with Gasteiger partial charge in [-0.05, 0) is 6.07 Å². The molecule has 1 unspecified atom stereocenters. The summed E-state index contributed by atoms with van der Waals surface area (Å²) in [7, 11) is 0. The van der Waals surface area contributed by atoms with Crippen molar-refractivity contribution >= 4 is 39.9 Å². The van der Waals surface area contributed by atoms with Crippen LogP contribution in [0.2, 0.25) is 0 Å². The summed E-state index contributed by atoms with van der Waals surface area (Å²) in [6.07, 6.45) is 2.10. The topological polar surface area (TPSA) is 87.4 Å². The molecule has 120 valence electrons. The number of phenolic OH excluding ortho intramolecular Hbond substituents is 1. The van der Waals surface area contributed by atoms with Crippen molar-refractivity contribution in [3.63, 3.8) is 0 Å². The quantitative estimate of drug-likeness (QED) is 0.686. The Hall–Kier alpha value is -1.38. The number of aromatic nitrogens is 2. The predicted octanol–water partition coefficient (Wildman–Crippen LogP) is 1.89. The molecule has 3 rings (SSSR count). The van der Waals surface area contributed by atoms with E-state index >= 15 is 0 Å². The number of benzene rings is 1. The molecule has 0 fully saturated rings. The standard InChI is InChI=1S/C14H15N3O3.2BrH/c18-13-4-2-1-3-9(13)7-17-8-16-11-6-15-10(14(19)20)5-12(11)17;;/h1-4,8,10,15,18H,5-7H2,(H,19,20);2*1H. The van der Waals surface area contributed by atoms with Gasteiger partial charge >= 0.3 is 5.97 Å². The van der Waals surface area contributed by atoms with Crippen LogP contribution in [-0.4, -0.2) is 31.8 Å². The van der Waals surface area contributed by atoms with Gasteiger partial charge in [0.05, 0.1) is 18.6 Å². The molecule has 1 aliphatic heterocycles. The fraction of sp³-hybridized carbons (Fsp3) is 0.286. The van der Waals surface area contributed by atoms with Crippen LogP contribution in [0.5, 0.6) is 5.75 Å². The molecule has 0 amide bonds. The van der Waals surface area contributed by atoms with Gasteiger partial charge in [-0.2, -0.15) is 0 Å². The van der Waals surface area contributed by atoms with Crippen molar-refractivity contribution in [1.82, 2.24) is 14.9 Å². The van der Waals surface area contributed by atoms with Gasteiger partial charge in [0.1, 0.15) is 11.8 Å². The Morgan fingerprint density at radius 3 is 2.77 bits per heavy atom. The van der Waals surface area contributed by atoms with Crippen LogP contribution < -0.4 is 5.32 Å². The number of phenols is 1. The normalized spacial score (nSPS) is 16.1. The molecule has 0 aliphatic carbocycles. The van der Waals surface area contributed by atoms with Gasteiger partial charge in [0.25, 0.3) is 0 Å². The molecule has 6 nitrogen and oxygen atoms in total. The number of hydrogen-bond donors (Lipinski definition) is 3. The minimum atomic E-state index is -0.856. The van der Waals surface area contributed by atoms with Gasteiger partial charge in [-0.15, -0.1) is 34.0 Å². The van der Waals surface area contributed by atoms with Gasteiger partial charge < -0.3 is 14.8 Å². The molecule has 0 spiro atoms. The Labute approximate surface area is 148 Å². The van der Waals surface area contributed by atoms with Crippen LogP contribution in [0.1, 0.15) is 17.0 Å². The lowest BCUT2D eigenvalue weighted by Gasteiger charge is -2.21. The highest BCUT2D eigenvalue weighted by atomic mass is 79.9. The molecule has 1 aliphatic rings. The second-order valence-corrected chi connectivity index (χ2v) is 4.87. The van der Waals surface area contributed by atoms with Crippen molar-refractivity contribution < 1.29 is 15.0 Å². The number of carbonyl (C=O) groups is 1. The largest absolute Gasteiger partial charge is 0.508 e. The van der Waals surface area contributed by atoms with Crippen molar-refractivity contribution in [2.24, 2.45) is 0 Å². The zero-order valence-corrected chi connectivity index (χ0v) is 15.0. The number of aromatic hydroxyl groups is 1. The molecule has 2 heterocycles. The van der Waals surface area contributed by atoms with E-state index in [1.807, 2.05) is 16.7 Å². The first-order chi connectivity index (χ1) is 9.65. The third kappa shape index (κ3) is 3.68. The second-order valence-electron chi connectivity index (χ2n) is 4.87. The maximum Gasteiger partial charge on any atom is 0.321 e. The van der Waals surface area contributed by atoms with Gasteiger partial charge in [-0.25, -0.2) is 4.98 Å². The van der Waals surface area contributed by atoms with Crippen molar-refractivity contribution in [3.8, 4) is 5.75 Å². The lowest BCUT2D eigenvalue weighted by molar-refractivity contribution is -0.139. The van der Waals surface area contributed by atoms with Crippen molar-refractivity contribution in [1.29, 1.82) is 0 Å². The number of fused-ring (bicyclic) bond motifs is 1. The van der Waals surface area contributed by atoms with Gasteiger partial charge in [0.15, 0.2) is 0 Å². The second kappa shape index (κ2) is 7.75. The minimum Gasteiger partial charge on any atom is -0.508 e. The van der Waals surface area contributed by atoms with E-state index in [9.17, 15) is 9.90 Å². The monoisotopic (exact) mass is 433 g/mol. The number of rotatable bonds is 3. The molecule has 8 heteroatoms. The number of carboxylic acid groups (broad SMARTS) is 1. The SMILES string of the molecule is Br.Br.O=C(O)C1Cc2c(ncn2Cc2ccccc2O)CN1. The third-order valence-electron chi connectivity index (χ3n) is 3.58. The summed E-state index contributed by atoms with van der Waals surface area (Å²) in [6.45, 7) is 0.946. The highest BCUT2D eigenvalue weighted by Crippen LogP contribution is 2.21. The minimum absolute atomic E-state index is 0. The van der Waals surface area contributed by atoms with Gasteiger partial charge in [-0.3, -0.25) is 10.1 Å². The van der Waals surface area contributed by atoms with E-state index in [1.165, 1.54) is 0 Å². The number of imidazole rings is 1. The molecule has 3 N–H and O–H groups in total. The van der Waals surface area contributed by atoms with Gasteiger partial charge in [-0.1, -0.05) is 18.2 Å². The summed E-state index contributed by atoms with van der Waals surface area (Å²) in [4.78, 5) is 15.4. The Morgan fingerprint density at radius 1 is 1.36 bits per heavy atom. The Morgan fingerprint density at radius 2 is 2.09 bits per heavy atom. The highest BCUT2D eigenvalue weighted by molar-refractivity contribution is 8.93. The van der Waals surface area contributed by atoms with Crippen molar-refractivity contribution in [2.75, 3.05) is 0 Å². The van der Waals surface area contributed by atoms with Crippen LogP contribution in [0.3, 0.4) is 0 Å². The first-order valence-corrected chi connectivity index (χ1v) is 6.41. The average molecular weight is 435 g/mol. The van der Waals surface area contributed by atoms with E-state index in [0.29, 0.717) is 19.5 Å². The molecule has 0 radical (unpaired) electrons. The molecule has 1 atom stereocenters. The summed E-state index contributed by atoms with van der Waals surface area (Å²) < 4.78 is 1.90. The lowest BCUT2D eigenvalue weighted by Crippen LogP contribution is -2.42. The number of nitrogens with one attached hydrogen (secondary N) is 1. The van der Waals surface area contributed by atoms with E-state index in [1.54, 1.807) is 18.5 Å². The van der Waals surface area contributed by atoms with Crippen LogP contribution in [-0.2, 0) is 24.3 Å². The summed E-state index contributed by atoms with van der Waals surface area (Å²) in [5, 5.41) is 21.8. The van der Waals surface area contributed by atoms with Crippen molar-refractivity contribution in [3.05, 3.63) is 47.5 Å². The summed E-state index contributed by atoms with van der Waals surface area (Å²) in [6, 6.07) is 6.53. The van der Waals surface area contributed by atoms with E-state index in [2.05, 4.69) is 10.3 Å². The van der Waals surface area contributed by atoms with Gasteiger partial charge in [0, 0.05) is 24.2 Å². The number of hydrogen-bond acceptors (Lipinski definition) is 4. The predicted molar refractivity (Wildman–Crippen MR) is 92.0 cm³/mol. The number of carboxylic acids is 1. The fourth-order valence-corrected chi connectivity index (χ4v) is 2.46. The molecule has 0 bridgehead atoms. The zero-order chi connectivity index (χ0) is 14.1. The third-order valence-corrected chi connectivity index (χ3v) is 3.58. The number of aliphatic carboxylic acids is 1. The van der Waals surface area contributed by atoms with E-state index in [-0.39, 0.29) is 39.7 Å². The van der Waals surface area contributed by atoms with Crippen LogP contribution in [0.4, 0.5) is 0 Å². The number of halogens is 2. The number of para-hydroxylation sites is 1. The lowest BCUT2D eigenvalue weighted by atomic mass is 10.1. The summed E-state index contributed by atoms with van der Waals surface area (Å²) >= 11 is 0. The number of nitrogens with zero attached hydrogens (tertiary/aromatic N) is 2. The molecule has 0 saturated carbocycles. The van der Waals surface area contributed by atoms with Crippen molar-refractivity contribution in [2.45, 2.75) is 25.6 Å². The smallest absolute Gasteiger partial charge is 0.321 e. The zero-order valence-electron chi connectivity index (χ0n) is 11.6. The Balaban J connectivity index is 0.00000121. The molecule has 1 aromatic heterocycles. The molecular weight excluding hydrogens is 418 g/mol. The Kier molecular flexibility index (Phi) is 6.58. The first kappa shape index (κ1) is 18.7. The highest BCUT2D eigenvalue weighted by Gasteiger charge is 2.27. The van der Waals surface area contributed by atoms with Crippen LogP contribution >= 0.6 is 34.0 Å². The summed E-state index contributed by atoms with van der Waals surface area (Å²) in [5.41, 5.74) is 2.58. The molecule has 1 aromatic carbocycles. The van der Waals surface area contributed by atoms with Gasteiger partial charge in [0.2, 0.25) is 0 Å². The molecule has 2 aromatic rings. The van der Waals surface area contributed by atoms with E-state index in [0.717, 1.165) is 17.0 Å². The maximum atomic E-state index is 11.1. The first-order valence-electron chi connectivity index (χ1n) is 6.41. The molecule has 22 heavy (non-hydrogen) atoms. The van der Waals surface area contributed by atoms with E-state index in [4.69, 9.17) is 5.11 Å². The van der Waals surface area contributed by atoms with E-state index < -0.39 is 12.0 Å². The molecule has 0 saturated heterocycles. The fourth-order valence-electron chi connectivity index (χ4n) is 2.46. The molecular formula is C14H17Br2N3O3. The summed E-state index contributed by atoms with van der Waals surface area (Å²) in [5.74, 6) is -0.621. The maximum absolute atomic E-state index is 11.1.